The molecular weight excluding hydrogens is 282 g/mol. The minimum atomic E-state index is -0.600. The van der Waals surface area contributed by atoms with Crippen LogP contribution in [0.2, 0.25) is 0 Å². The normalized spacial score (nSPS) is 16.6. The van der Waals surface area contributed by atoms with Gasteiger partial charge in [0.25, 0.3) is 0 Å². The highest BCUT2D eigenvalue weighted by atomic mass is 16.5. The van der Waals surface area contributed by atoms with Crippen molar-refractivity contribution in [2.24, 2.45) is 0 Å². The molecule has 0 aromatic carbocycles. The van der Waals surface area contributed by atoms with Crippen molar-refractivity contribution in [1.82, 2.24) is 14.8 Å². The number of piperazine rings is 1. The predicted octanol–water partition coefficient (Wildman–Crippen LogP) is 1.14. The van der Waals surface area contributed by atoms with Crippen LogP contribution in [0.4, 0.5) is 0 Å². The number of aromatic nitrogens is 1. The number of ether oxygens (including phenoxy) is 1. The van der Waals surface area contributed by atoms with Crippen LogP contribution in [0.25, 0.3) is 0 Å². The molecular formula is C16H25N3O3. The molecule has 1 aliphatic heterocycles. The lowest BCUT2D eigenvalue weighted by Crippen LogP contribution is -2.44. The van der Waals surface area contributed by atoms with Crippen molar-refractivity contribution in [3.05, 3.63) is 23.5 Å². The third-order valence-corrected chi connectivity index (χ3v) is 4.06. The summed E-state index contributed by atoms with van der Waals surface area (Å²) in [6.45, 7) is 5.67. The van der Waals surface area contributed by atoms with Crippen LogP contribution in [0.15, 0.2) is 12.1 Å². The minimum absolute atomic E-state index is 0.000863. The van der Waals surface area contributed by atoms with Crippen LogP contribution in [0.1, 0.15) is 29.0 Å². The van der Waals surface area contributed by atoms with Crippen LogP contribution >= 0.6 is 0 Å². The van der Waals surface area contributed by atoms with E-state index in [9.17, 15) is 9.90 Å². The number of pyridine rings is 1. The van der Waals surface area contributed by atoms with Gasteiger partial charge in [0.15, 0.2) is 5.69 Å². The van der Waals surface area contributed by atoms with Gasteiger partial charge >= 0.3 is 5.97 Å². The molecule has 2 rings (SSSR count). The predicted molar refractivity (Wildman–Crippen MR) is 84.1 cm³/mol. The van der Waals surface area contributed by atoms with Crippen molar-refractivity contribution in [3.8, 4) is 5.75 Å². The number of aromatic hydroxyl groups is 1. The molecule has 0 aliphatic carbocycles. The molecule has 1 saturated heterocycles. The Hall–Kier alpha value is -1.66. The molecule has 0 atom stereocenters. The van der Waals surface area contributed by atoms with Crippen LogP contribution < -0.4 is 0 Å². The number of hydrogen-bond acceptors (Lipinski definition) is 6. The standard InChI is InChI=1S/C16H25N3O3/c1-18-9-11-19(12-10-18)8-4-3-5-13-6-7-14(20)15(17-13)16(21)22-2/h6-7,20H,3-5,8-12H2,1-2H3. The molecule has 0 saturated carbocycles. The zero-order chi connectivity index (χ0) is 15.9. The van der Waals surface area contributed by atoms with Gasteiger partial charge < -0.3 is 19.6 Å². The molecule has 0 unspecified atom stereocenters. The number of carbonyl (C=O) groups excluding carboxylic acids is 1. The summed E-state index contributed by atoms with van der Waals surface area (Å²) in [5, 5.41) is 9.63. The van der Waals surface area contributed by atoms with Gasteiger partial charge in [-0.25, -0.2) is 9.78 Å². The Morgan fingerprint density at radius 3 is 2.68 bits per heavy atom. The van der Waals surface area contributed by atoms with E-state index in [1.807, 2.05) is 0 Å². The number of esters is 1. The molecule has 1 aromatic heterocycles. The SMILES string of the molecule is COC(=O)c1nc(CCCCN2CCN(C)CC2)ccc1O. The lowest BCUT2D eigenvalue weighted by Gasteiger charge is -2.32. The maximum absolute atomic E-state index is 11.5. The Morgan fingerprint density at radius 2 is 2.00 bits per heavy atom. The lowest BCUT2D eigenvalue weighted by molar-refractivity contribution is 0.0590. The summed E-state index contributed by atoms with van der Waals surface area (Å²) in [6.07, 6.45) is 2.93. The molecule has 122 valence electrons. The van der Waals surface area contributed by atoms with E-state index in [0.29, 0.717) is 0 Å². The van der Waals surface area contributed by atoms with Crippen LogP contribution in [-0.4, -0.2) is 72.7 Å². The van der Waals surface area contributed by atoms with Crippen LogP contribution in [0.3, 0.4) is 0 Å². The van der Waals surface area contributed by atoms with E-state index in [2.05, 4.69) is 26.6 Å². The van der Waals surface area contributed by atoms with Gasteiger partial charge in [-0.3, -0.25) is 0 Å². The third-order valence-electron chi connectivity index (χ3n) is 4.06. The number of likely N-dealkylation sites (N-methyl/N-ethyl adjacent to an activating group) is 1. The van der Waals surface area contributed by atoms with Gasteiger partial charge in [0.1, 0.15) is 5.75 Å². The fraction of sp³-hybridized carbons (Fsp3) is 0.625. The maximum atomic E-state index is 11.5. The largest absolute Gasteiger partial charge is 0.505 e. The first-order valence-electron chi connectivity index (χ1n) is 7.78. The van der Waals surface area contributed by atoms with Gasteiger partial charge in [0.2, 0.25) is 0 Å². The molecule has 6 nitrogen and oxygen atoms in total. The second kappa shape index (κ2) is 8.10. The van der Waals surface area contributed by atoms with Crippen LogP contribution in [0, 0.1) is 0 Å². The van der Waals surface area contributed by atoms with Crippen molar-refractivity contribution >= 4 is 5.97 Å². The van der Waals surface area contributed by atoms with Crippen molar-refractivity contribution in [2.45, 2.75) is 19.3 Å². The zero-order valence-electron chi connectivity index (χ0n) is 13.4. The fourth-order valence-electron chi connectivity index (χ4n) is 2.59. The molecule has 0 bridgehead atoms. The van der Waals surface area contributed by atoms with E-state index < -0.39 is 5.97 Å². The molecule has 6 heteroatoms. The molecule has 0 spiro atoms. The van der Waals surface area contributed by atoms with Gasteiger partial charge in [-0.15, -0.1) is 0 Å². The summed E-state index contributed by atoms with van der Waals surface area (Å²) in [6, 6.07) is 3.27. The molecule has 22 heavy (non-hydrogen) atoms. The van der Waals surface area contributed by atoms with Gasteiger partial charge in [-0.2, -0.15) is 0 Å². The second-order valence-electron chi connectivity index (χ2n) is 5.76. The van der Waals surface area contributed by atoms with Crippen LogP contribution in [-0.2, 0) is 11.2 Å². The number of aryl methyl sites for hydroxylation is 1. The summed E-state index contributed by atoms with van der Waals surface area (Å²) in [4.78, 5) is 20.5. The monoisotopic (exact) mass is 307 g/mol. The maximum Gasteiger partial charge on any atom is 0.360 e. The van der Waals surface area contributed by atoms with E-state index in [0.717, 1.165) is 57.7 Å². The lowest BCUT2D eigenvalue weighted by atomic mass is 10.1. The van der Waals surface area contributed by atoms with Gasteiger partial charge in [0.05, 0.1) is 7.11 Å². The van der Waals surface area contributed by atoms with Crippen molar-refractivity contribution < 1.29 is 14.6 Å². The highest BCUT2D eigenvalue weighted by Gasteiger charge is 2.15. The van der Waals surface area contributed by atoms with E-state index in [-0.39, 0.29) is 11.4 Å². The molecule has 2 heterocycles. The molecule has 0 radical (unpaired) electrons. The number of methoxy groups -OCH3 is 1. The first-order valence-corrected chi connectivity index (χ1v) is 7.78. The van der Waals surface area contributed by atoms with Crippen molar-refractivity contribution in [2.75, 3.05) is 46.9 Å². The highest BCUT2D eigenvalue weighted by molar-refractivity contribution is 5.90. The third kappa shape index (κ3) is 4.68. The first kappa shape index (κ1) is 16.7. The molecule has 0 amide bonds. The minimum Gasteiger partial charge on any atom is -0.505 e. The number of rotatable bonds is 6. The zero-order valence-corrected chi connectivity index (χ0v) is 13.4. The summed E-state index contributed by atoms with van der Waals surface area (Å²) in [7, 11) is 3.44. The van der Waals surface area contributed by atoms with Gasteiger partial charge in [0, 0.05) is 31.9 Å². The quantitative estimate of drug-likeness (QED) is 0.628. The Balaban J connectivity index is 1.76. The summed E-state index contributed by atoms with van der Waals surface area (Å²) >= 11 is 0. The Morgan fingerprint density at radius 1 is 1.27 bits per heavy atom. The average Bonchev–Trinajstić information content (AvgIpc) is 2.54. The molecule has 1 aliphatic rings. The first-order chi connectivity index (χ1) is 10.6. The molecule has 1 aromatic rings. The number of carbonyl (C=O) groups is 1. The summed E-state index contributed by atoms with van der Waals surface area (Å²) in [5.41, 5.74) is 0.815. The fourth-order valence-corrected chi connectivity index (χ4v) is 2.59. The summed E-state index contributed by atoms with van der Waals surface area (Å²) < 4.78 is 4.61. The van der Waals surface area contributed by atoms with E-state index in [1.165, 1.54) is 13.2 Å². The highest BCUT2D eigenvalue weighted by Crippen LogP contribution is 2.17. The molecule has 1 fully saturated rings. The van der Waals surface area contributed by atoms with Crippen molar-refractivity contribution in [3.63, 3.8) is 0 Å². The van der Waals surface area contributed by atoms with E-state index >= 15 is 0 Å². The van der Waals surface area contributed by atoms with E-state index in [1.54, 1.807) is 6.07 Å². The topological polar surface area (TPSA) is 65.9 Å². The Bertz CT molecular complexity index is 499. The van der Waals surface area contributed by atoms with Crippen LogP contribution in [0.5, 0.6) is 5.75 Å². The molecule has 1 N–H and O–H groups in total. The number of unbranched alkanes of at least 4 members (excludes halogenated alkanes) is 1. The second-order valence-corrected chi connectivity index (χ2v) is 5.76. The Kier molecular flexibility index (Phi) is 6.15. The van der Waals surface area contributed by atoms with E-state index in [4.69, 9.17) is 0 Å². The smallest absolute Gasteiger partial charge is 0.360 e. The Labute approximate surface area is 131 Å². The van der Waals surface area contributed by atoms with Gasteiger partial charge in [-0.1, -0.05) is 0 Å². The average molecular weight is 307 g/mol. The summed E-state index contributed by atoms with van der Waals surface area (Å²) in [5.74, 6) is -0.732. The van der Waals surface area contributed by atoms with Crippen molar-refractivity contribution in [1.29, 1.82) is 0 Å². The number of hydrogen-bond donors (Lipinski definition) is 1. The number of nitrogens with zero attached hydrogens (tertiary/aromatic N) is 3. The van der Waals surface area contributed by atoms with Gasteiger partial charge in [-0.05, 0) is 45.0 Å².